The predicted octanol–water partition coefficient (Wildman–Crippen LogP) is 4.89. The van der Waals surface area contributed by atoms with Crippen molar-refractivity contribution in [3.05, 3.63) is 61.6 Å². The van der Waals surface area contributed by atoms with E-state index in [1.54, 1.807) is 18.2 Å². The van der Waals surface area contributed by atoms with Crippen molar-refractivity contribution in [3.63, 3.8) is 0 Å². The third kappa shape index (κ3) is 3.45. The first-order valence-corrected chi connectivity index (χ1v) is 7.74. The molecule has 0 aliphatic rings. The van der Waals surface area contributed by atoms with E-state index >= 15 is 0 Å². The van der Waals surface area contributed by atoms with Crippen LogP contribution in [0.3, 0.4) is 0 Å². The molecule has 0 heterocycles. The van der Waals surface area contributed by atoms with Gasteiger partial charge in [-0.2, -0.15) is 0 Å². The molecule has 0 saturated carbocycles. The second-order valence-electron chi connectivity index (χ2n) is 3.99. The van der Waals surface area contributed by atoms with Crippen LogP contribution in [-0.4, -0.2) is 4.92 Å². The van der Waals surface area contributed by atoms with E-state index in [1.165, 1.54) is 17.8 Å². The van der Waals surface area contributed by atoms with Crippen molar-refractivity contribution >= 4 is 50.7 Å². The molecule has 0 saturated heterocycles. The lowest BCUT2D eigenvalue weighted by Crippen LogP contribution is -1.92. The second kappa shape index (κ2) is 6.47. The Hall–Kier alpha value is -1.24. The molecule has 0 bridgehead atoms. The summed E-state index contributed by atoms with van der Waals surface area (Å²) in [5.41, 5.74) is 7.15. The van der Waals surface area contributed by atoms with Crippen LogP contribution in [-0.2, 0) is 5.75 Å². The van der Waals surface area contributed by atoms with Crippen LogP contribution in [0.15, 0.2) is 45.8 Å². The Bertz CT molecular complexity index is 667. The molecule has 0 radical (unpaired) electrons. The molecule has 2 rings (SSSR count). The van der Waals surface area contributed by atoms with Gasteiger partial charge in [0.05, 0.1) is 14.4 Å². The molecule has 0 aliphatic carbocycles. The number of rotatable bonds is 4. The Morgan fingerprint density at radius 3 is 2.75 bits per heavy atom. The first-order valence-electron chi connectivity index (χ1n) is 5.58. The van der Waals surface area contributed by atoms with Gasteiger partial charge in [-0.1, -0.05) is 23.7 Å². The van der Waals surface area contributed by atoms with E-state index in [9.17, 15) is 10.1 Å². The number of nitro benzene ring substituents is 1. The van der Waals surface area contributed by atoms with Crippen molar-refractivity contribution in [2.75, 3.05) is 5.73 Å². The van der Waals surface area contributed by atoms with Gasteiger partial charge in [0.15, 0.2) is 0 Å². The van der Waals surface area contributed by atoms with Gasteiger partial charge < -0.3 is 5.73 Å². The molecule has 20 heavy (non-hydrogen) atoms. The van der Waals surface area contributed by atoms with Gasteiger partial charge in [0.1, 0.15) is 0 Å². The van der Waals surface area contributed by atoms with Crippen molar-refractivity contribution in [1.29, 1.82) is 0 Å². The first kappa shape index (κ1) is 15.2. The second-order valence-corrected chi connectivity index (χ2v) is 6.20. The third-order valence-electron chi connectivity index (χ3n) is 2.59. The molecular formula is C13H10BrClN2O2S. The van der Waals surface area contributed by atoms with Crippen LogP contribution >= 0.6 is 39.3 Å². The van der Waals surface area contributed by atoms with Crippen molar-refractivity contribution in [2.24, 2.45) is 0 Å². The van der Waals surface area contributed by atoms with Gasteiger partial charge >= 0.3 is 0 Å². The molecule has 0 unspecified atom stereocenters. The van der Waals surface area contributed by atoms with Crippen LogP contribution in [0, 0.1) is 10.1 Å². The van der Waals surface area contributed by atoms with Gasteiger partial charge in [-0.15, -0.1) is 11.8 Å². The minimum atomic E-state index is -0.408. The normalized spacial score (nSPS) is 10.5. The van der Waals surface area contributed by atoms with E-state index in [-0.39, 0.29) is 5.69 Å². The summed E-state index contributed by atoms with van der Waals surface area (Å²) in [5.74, 6) is 0.575. The number of halogens is 2. The zero-order valence-electron chi connectivity index (χ0n) is 10.2. The van der Waals surface area contributed by atoms with Crippen LogP contribution in [0.2, 0.25) is 5.02 Å². The Balaban J connectivity index is 2.19. The molecule has 7 heteroatoms. The summed E-state index contributed by atoms with van der Waals surface area (Å²) in [7, 11) is 0. The zero-order chi connectivity index (χ0) is 14.7. The fourth-order valence-electron chi connectivity index (χ4n) is 1.61. The summed E-state index contributed by atoms with van der Waals surface area (Å²) in [6, 6.07) is 10.3. The van der Waals surface area contributed by atoms with Crippen molar-refractivity contribution < 1.29 is 4.92 Å². The van der Waals surface area contributed by atoms with Gasteiger partial charge in [-0.3, -0.25) is 10.1 Å². The van der Waals surface area contributed by atoms with Gasteiger partial charge in [-0.05, 0) is 39.7 Å². The van der Waals surface area contributed by atoms with E-state index in [2.05, 4.69) is 15.9 Å². The fourth-order valence-corrected chi connectivity index (χ4v) is 3.61. The number of hydrogen-bond acceptors (Lipinski definition) is 4. The molecule has 2 N–H and O–H groups in total. The summed E-state index contributed by atoms with van der Waals surface area (Å²) < 4.78 is 0.504. The van der Waals surface area contributed by atoms with Crippen LogP contribution < -0.4 is 5.73 Å². The number of nitrogens with zero attached hydrogens (tertiary/aromatic N) is 1. The van der Waals surface area contributed by atoms with Gasteiger partial charge in [-0.25, -0.2) is 0 Å². The minimum absolute atomic E-state index is 0.0616. The van der Waals surface area contributed by atoms with Crippen LogP contribution in [0.25, 0.3) is 0 Å². The van der Waals surface area contributed by atoms with Gasteiger partial charge in [0, 0.05) is 22.4 Å². The van der Waals surface area contributed by atoms with E-state index in [1.807, 2.05) is 12.1 Å². The quantitative estimate of drug-likeness (QED) is 0.359. The lowest BCUT2D eigenvalue weighted by Gasteiger charge is -2.07. The molecule has 0 aromatic heterocycles. The smallest absolute Gasteiger partial charge is 0.283 e. The molecular weight excluding hydrogens is 364 g/mol. The molecule has 0 amide bonds. The van der Waals surface area contributed by atoms with E-state index in [4.69, 9.17) is 17.3 Å². The lowest BCUT2D eigenvalue weighted by atomic mass is 10.2. The average Bonchev–Trinajstić information content (AvgIpc) is 2.39. The monoisotopic (exact) mass is 372 g/mol. The van der Waals surface area contributed by atoms with Crippen LogP contribution in [0.4, 0.5) is 11.4 Å². The van der Waals surface area contributed by atoms with E-state index in [0.717, 1.165) is 10.5 Å². The third-order valence-corrected chi connectivity index (χ3v) is 5.06. The number of nitrogen functional groups attached to an aromatic ring is 1. The maximum atomic E-state index is 10.9. The predicted molar refractivity (Wildman–Crippen MR) is 86.2 cm³/mol. The zero-order valence-corrected chi connectivity index (χ0v) is 13.3. The first-order chi connectivity index (χ1) is 9.49. The standard InChI is InChI=1S/C13H10BrClN2O2S/c14-13-8(2-1-3-11(13)17(18)19)7-20-12-5-4-9(16)6-10(12)15/h1-6H,7,16H2. The summed E-state index contributed by atoms with van der Waals surface area (Å²) in [5, 5.41) is 11.5. The topological polar surface area (TPSA) is 69.2 Å². The fraction of sp³-hybridized carbons (Fsp3) is 0.0769. The highest BCUT2D eigenvalue weighted by atomic mass is 79.9. The number of benzene rings is 2. The molecule has 0 spiro atoms. The summed E-state index contributed by atoms with van der Waals surface area (Å²) in [6.07, 6.45) is 0. The lowest BCUT2D eigenvalue weighted by molar-refractivity contribution is -0.385. The average molecular weight is 374 g/mol. The number of anilines is 1. The Morgan fingerprint density at radius 2 is 2.10 bits per heavy atom. The number of hydrogen-bond donors (Lipinski definition) is 1. The molecule has 4 nitrogen and oxygen atoms in total. The van der Waals surface area contributed by atoms with E-state index in [0.29, 0.717) is 20.9 Å². The molecule has 0 atom stereocenters. The maximum absolute atomic E-state index is 10.9. The molecule has 2 aromatic rings. The molecule has 104 valence electrons. The summed E-state index contributed by atoms with van der Waals surface area (Å²) in [4.78, 5) is 11.4. The highest BCUT2D eigenvalue weighted by Gasteiger charge is 2.15. The van der Waals surface area contributed by atoms with Crippen LogP contribution in [0.5, 0.6) is 0 Å². The molecule has 0 fully saturated rings. The van der Waals surface area contributed by atoms with E-state index < -0.39 is 4.92 Å². The minimum Gasteiger partial charge on any atom is -0.399 e. The largest absolute Gasteiger partial charge is 0.399 e. The van der Waals surface area contributed by atoms with Crippen LogP contribution in [0.1, 0.15) is 5.56 Å². The van der Waals surface area contributed by atoms with Gasteiger partial charge in [0.25, 0.3) is 5.69 Å². The number of nitro groups is 1. The van der Waals surface area contributed by atoms with Gasteiger partial charge in [0.2, 0.25) is 0 Å². The van der Waals surface area contributed by atoms with Crippen molar-refractivity contribution in [1.82, 2.24) is 0 Å². The number of nitrogens with two attached hydrogens (primary N) is 1. The highest BCUT2D eigenvalue weighted by Crippen LogP contribution is 2.35. The summed E-state index contributed by atoms with van der Waals surface area (Å²) >= 11 is 10.9. The Labute approximate surface area is 133 Å². The van der Waals surface area contributed by atoms with Crippen molar-refractivity contribution in [3.8, 4) is 0 Å². The van der Waals surface area contributed by atoms with Crippen molar-refractivity contribution in [2.45, 2.75) is 10.6 Å². The highest BCUT2D eigenvalue weighted by molar-refractivity contribution is 9.10. The number of thioether (sulfide) groups is 1. The Kier molecular flexibility index (Phi) is 4.91. The molecule has 0 aliphatic heterocycles. The Morgan fingerprint density at radius 1 is 1.35 bits per heavy atom. The SMILES string of the molecule is Nc1ccc(SCc2cccc([N+](=O)[O-])c2Br)c(Cl)c1. The summed E-state index contributed by atoms with van der Waals surface area (Å²) in [6.45, 7) is 0. The maximum Gasteiger partial charge on any atom is 0.283 e. The molecule has 2 aromatic carbocycles.